The third-order valence-electron chi connectivity index (χ3n) is 3.72. The van der Waals surface area contributed by atoms with Gasteiger partial charge < -0.3 is 10.5 Å². The zero-order chi connectivity index (χ0) is 13.9. The van der Waals surface area contributed by atoms with E-state index >= 15 is 0 Å². The van der Waals surface area contributed by atoms with Crippen molar-refractivity contribution in [3.05, 3.63) is 47.3 Å². The van der Waals surface area contributed by atoms with Gasteiger partial charge in [0.2, 0.25) is 0 Å². The van der Waals surface area contributed by atoms with Crippen LogP contribution in [0.5, 0.6) is 0 Å². The zero-order valence-electron chi connectivity index (χ0n) is 11.7. The topological polar surface area (TPSA) is 61.0 Å². The number of benzene rings is 1. The van der Waals surface area contributed by atoms with E-state index in [-0.39, 0.29) is 6.04 Å². The van der Waals surface area contributed by atoms with Crippen LogP contribution >= 0.6 is 0 Å². The molecule has 0 saturated carbocycles. The predicted octanol–water partition coefficient (Wildman–Crippen LogP) is 2.63. The Hall–Kier alpha value is -1.78. The molecule has 4 heteroatoms. The quantitative estimate of drug-likeness (QED) is 0.930. The summed E-state index contributed by atoms with van der Waals surface area (Å²) in [4.78, 5) is 9.19. The van der Waals surface area contributed by atoms with Crippen LogP contribution in [-0.2, 0) is 17.8 Å². The van der Waals surface area contributed by atoms with Gasteiger partial charge in [-0.1, -0.05) is 18.2 Å². The molecule has 0 aliphatic heterocycles. The van der Waals surface area contributed by atoms with E-state index in [0.717, 1.165) is 47.5 Å². The molecule has 2 aromatic rings. The molecule has 4 nitrogen and oxygen atoms in total. The fraction of sp³-hybridized carbons (Fsp3) is 0.375. The first-order valence-corrected chi connectivity index (χ1v) is 6.97. The number of methoxy groups -OCH3 is 1. The van der Waals surface area contributed by atoms with Crippen LogP contribution in [0.1, 0.15) is 35.7 Å². The van der Waals surface area contributed by atoms with E-state index in [2.05, 4.69) is 11.1 Å². The molecule has 0 bridgehead atoms. The van der Waals surface area contributed by atoms with Crippen molar-refractivity contribution in [1.82, 2.24) is 9.97 Å². The summed E-state index contributed by atoms with van der Waals surface area (Å²) in [5.41, 5.74) is 10.5. The van der Waals surface area contributed by atoms with Crippen molar-refractivity contribution < 1.29 is 4.74 Å². The Labute approximate surface area is 119 Å². The average Bonchev–Trinajstić information content (AvgIpc) is 2.48. The van der Waals surface area contributed by atoms with Gasteiger partial charge in [-0.2, -0.15) is 0 Å². The maximum absolute atomic E-state index is 6.10. The summed E-state index contributed by atoms with van der Waals surface area (Å²) < 4.78 is 5.17. The first-order chi connectivity index (χ1) is 9.78. The lowest BCUT2D eigenvalue weighted by atomic mass is 9.93. The minimum atomic E-state index is 0.0904. The highest BCUT2D eigenvalue weighted by Gasteiger charge is 2.19. The molecule has 0 amide bonds. The molecule has 0 fully saturated rings. The third-order valence-corrected chi connectivity index (χ3v) is 3.72. The molecule has 0 radical (unpaired) electrons. The predicted molar refractivity (Wildman–Crippen MR) is 78.0 cm³/mol. The van der Waals surface area contributed by atoms with Crippen molar-refractivity contribution in [2.45, 2.75) is 31.9 Å². The average molecular weight is 269 g/mol. The Morgan fingerprint density at radius 1 is 1.40 bits per heavy atom. The lowest BCUT2D eigenvalue weighted by molar-refractivity contribution is 0.185. The molecule has 1 aromatic carbocycles. The fourth-order valence-corrected chi connectivity index (χ4v) is 2.69. The summed E-state index contributed by atoms with van der Waals surface area (Å²) in [5, 5.41) is 0. The first kappa shape index (κ1) is 13.2. The summed E-state index contributed by atoms with van der Waals surface area (Å²) in [6.45, 7) is 0.601. The van der Waals surface area contributed by atoms with Crippen molar-refractivity contribution >= 4 is 0 Å². The van der Waals surface area contributed by atoms with Crippen LogP contribution in [0, 0.1) is 0 Å². The Balaban J connectivity index is 1.96. The van der Waals surface area contributed by atoms with Gasteiger partial charge in [-0.05, 0) is 30.9 Å². The molecule has 2 N–H and O–H groups in total. The molecule has 0 spiro atoms. The minimum Gasteiger partial charge on any atom is -0.380 e. The van der Waals surface area contributed by atoms with Crippen LogP contribution < -0.4 is 5.73 Å². The molecule has 20 heavy (non-hydrogen) atoms. The number of rotatable bonds is 3. The van der Waals surface area contributed by atoms with E-state index in [1.54, 1.807) is 7.11 Å². The summed E-state index contributed by atoms with van der Waals surface area (Å²) >= 11 is 0. The maximum Gasteiger partial charge on any atom is 0.159 e. The van der Waals surface area contributed by atoms with E-state index in [4.69, 9.17) is 15.5 Å². The number of aromatic nitrogens is 2. The standard InChI is InChI=1S/C16H19N3O/c1-20-10-11-4-2-5-12(8-11)16-18-9-13-14(17)6-3-7-15(13)19-16/h2,4-5,8-9,14H,3,6-7,10,17H2,1H3. The second-order valence-corrected chi connectivity index (χ2v) is 5.23. The SMILES string of the molecule is COCc1cccc(-c2ncc3c(n2)CCCC3N)c1. The second-order valence-electron chi connectivity index (χ2n) is 5.23. The maximum atomic E-state index is 6.10. The van der Waals surface area contributed by atoms with Crippen LogP contribution in [-0.4, -0.2) is 17.1 Å². The van der Waals surface area contributed by atoms with Gasteiger partial charge in [0, 0.05) is 36.2 Å². The van der Waals surface area contributed by atoms with Crippen LogP contribution in [0.3, 0.4) is 0 Å². The Morgan fingerprint density at radius 3 is 3.15 bits per heavy atom. The van der Waals surface area contributed by atoms with E-state index in [1.807, 2.05) is 24.4 Å². The van der Waals surface area contributed by atoms with Gasteiger partial charge in [0.1, 0.15) is 0 Å². The first-order valence-electron chi connectivity index (χ1n) is 6.97. The van der Waals surface area contributed by atoms with Gasteiger partial charge in [0.05, 0.1) is 6.61 Å². The fourth-order valence-electron chi connectivity index (χ4n) is 2.69. The summed E-state index contributed by atoms with van der Waals surface area (Å²) in [5.74, 6) is 0.774. The molecule has 3 rings (SSSR count). The summed E-state index contributed by atoms with van der Waals surface area (Å²) in [7, 11) is 1.70. The van der Waals surface area contributed by atoms with Crippen molar-refractivity contribution in [1.29, 1.82) is 0 Å². The Bertz CT molecular complexity index is 612. The zero-order valence-corrected chi connectivity index (χ0v) is 11.7. The number of nitrogens with two attached hydrogens (primary N) is 1. The van der Waals surface area contributed by atoms with E-state index < -0.39 is 0 Å². The molecular weight excluding hydrogens is 250 g/mol. The largest absolute Gasteiger partial charge is 0.380 e. The lowest BCUT2D eigenvalue weighted by Gasteiger charge is -2.21. The number of hydrogen-bond acceptors (Lipinski definition) is 4. The third kappa shape index (κ3) is 2.57. The van der Waals surface area contributed by atoms with Gasteiger partial charge in [-0.25, -0.2) is 9.97 Å². The smallest absolute Gasteiger partial charge is 0.159 e. The lowest BCUT2D eigenvalue weighted by Crippen LogP contribution is -2.19. The number of hydrogen-bond donors (Lipinski definition) is 1. The molecule has 104 valence electrons. The van der Waals surface area contributed by atoms with Gasteiger partial charge in [-0.15, -0.1) is 0 Å². The minimum absolute atomic E-state index is 0.0904. The van der Waals surface area contributed by atoms with Crippen LogP contribution in [0.25, 0.3) is 11.4 Å². The van der Waals surface area contributed by atoms with Gasteiger partial charge in [0.15, 0.2) is 5.82 Å². The number of aryl methyl sites for hydroxylation is 1. The molecular formula is C16H19N3O. The van der Waals surface area contributed by atoms with Crippen molar-refractivity contribution in [3.8, 4) is 11.4 Å². The molecule has 1 unspecified atom stereocenters. The monoisotopic (exact) mass is 269 g/mol. The summed E-state index contributed by atoms with van der Waals surface area (Å²) in [6, 6.07) is 8.25. The molecule has 1 heterocycles. The van der Waals surface area contributed by atoms with Crippen LogP contribution in [0.4, 0.5) is 0 Å². The highest BCUT2D eigenvalue weighted by molar-refractivity contribution is 5.56. The number of fused-ring (bicyclic) bond motifs is 1. The highest BCUT2D eigenvalue weighted by atomic mass is 16.5. The van der Waals surface area contributed by atoms with E-state index in [1.165, 1.54) is 0 Å². The molecule has 1 aliphatic carbocycles. The Morgan fingerprint density at radius 2 is 2.30 bits per heavy atom. The van der Waals surface area contributed by atoms with Crippen LogP contribution in [0.2, 0.25) is 0 Å². The highest BCUT2D eigenvalue weighted by Crippen LogP contribution is 2.27. The van der Waals surface area contributed by atoms with E-state index in [9.17, 15) is 0 Å². The molecule has 1 aromatic heterocycles. The number of ether oxygens (including phenoxy) is 1. The molecule has 0 saturated heterocycles. The summed E-state index contributed by atoms with van der Waals surface area (Å²) in [6.07, 6.45) is 5.02. The van der Waals surface area contributed by atoms with Gasteiger partial charge in [-0.3, -0.25) is 0 Å². The normalized spacial score (nSPS) is 17.8. The second kappa shape index (κ2) is 5.69. The van der Waals surface area contributed by atoms with Gasteiger partial charge in [0.25, 0.3) is 0 Å². The number of nitrogens with zero attached hydrogens (tertiary/aromatic N) is 2. The Kier molecular flexibility index (Phi) is 3.76. The van der Waals surface area contributed by atoms with Crippen molar-refractivity contribution in [3.63, 3.8) is 0 Å². The van der Waals surface area contributed by atoms with Crippen molar-refractivity contribution in [2.24, 2.45) is 5.73 Å². The molecule has 1 aliphatic rings. The van der Waals surface area contributed by atoms with E-state index in [0.29, 0.717) is 6.61 Å². The van der Waals surface area contributed by atoms with Crippen molar-refractivity contribution in [2.75, 3.05) is 7.11 Å². The van der Waals surface area contributed by atoms with Gasteiger partial charge >= 0.3 is 0 Å². The molecule has 1 atom stereocenters. The van der Waals surface area contributed by atoms with Crippen LogP contribution in [0.15, 0.2) is 30.5 Å².